The number of alkyl halides is 1. The van der Waals surface area contributed by atoms with Crippen LogP contribution in [0.2, 0.25) is 5.02 Å². The van der Waals surface area contributed by atoms with Crippen LogP contribution in [0, 0.1) is 0 Å². The van der Waals surface area contributed by atoms with Crippen LogP contribution in [0.3, 0.4) is 0 Å². The molecule has 0 radical (unpaired) electrons. The van der Waals surface area contributed by atoms with Gasteiger partial charge in [-0.1, -0.05) is 34.5 Å². The van der Waals surface area contributed by atoms with Gasteiger partial charge in [0.05, 0.1) is 0 Å². The fourth-order valence-corrected chi connectivity index (χ4v) is 2.77. The molecule has 15 heavy (non-hydrogen) atoms. The van der Waals surface area contributed by atoms with Crippen LogP contribution in [-0.4, -0.2) is 10.9 Å². The molecule has 0 aliphatic heterocycles. The minimum absolute atomic E-state index is 0.375. The van der Waals surface area contributed by atoms with E-state index in [2.05, 4.69) is 22.9 Å². The summed E-state index contributed by atoms with van der Waals surface area (Å²) in [4.78, 5) is 0.639. The average molecular weight is 290 g/mol. The topological polar surface area (TPSA) is 9.23 Å². The maximum Gasteiger partial charge on any atom is 0.120 e. The quantitative estimate of drug-likeness (QED) is 0.758. The molecule has 0 saturated heterocycles. The van der Waals surface area contributed by atoms with Crippen molar-refractivity contribution in [2.45, 2.75) is 37.1 Å². The normalized spacial score (nSPS) is 24.7. The smallest absolute Gasteiger partial charge is 0.120 e. The van der Waals surface area contributed by atoms with Crippen LogP contribution in [0.25, 0.3) is 0 Å². The van der Waals surface area contributed by atoms with Crippen molar-refractivity contribution >= 4 is 27.5 Å². The van der Waals surface area contributed by atoms with E-state index in [1.54, 1.807) is 0 Å². The third-order valence-electron chi connectivity index (χ3n) is 2.74. The van der Waals surface area contributed by atoms with Crippen LogP contribution in [0.15, 0.2) is 18.2 Å². The predicted molar refractivity (Wildman–Crippen MR) is 67.2 cm³/mol. The number of aryl methyl sites for hydroxylation is 1. The Balaban J connectivity index is 2.02. The Hall–Kier alpha value is -0.210. The molecule has 0 N–H and O–H groups in total. The molecule has 0 spiro atoms. The second-order valence-corrected chi connectivity index (χ2v) is 5.62. The van der Waals surface area contributed by atoms with Gasteiger partial charge >= 0.3 is 0 Å². The molecule has 0 aromatic heterocycles. The lowest BCUT2D eigenvalue weighted by Gasteiger charge is -2.31. The van der Waals surface area contributed by atoms with E-state index in [4.69, 9.17) is 16.3 Å². The molecule has 1 aromatic rings. The summed E-state index contributed by atoms with van der Waals surface area (Å²) in [5.41, 5.74) is 1.16. The van der Waals surface area contributed by atoms with Gasteiger partial charge in [0.15, 0.2) is 0 Å². The number of hydrogen-bond donors (Lipinski definition) is 0. The highest BCUT2D eigenvalue weighted by molar-refractivity contribution is 9.09. The first kappa shape index (κ1) is 11.3. The van der Waals surface area contributed by atoms with Gasteiger partial charge in [0.1, 0.15) is 11.9 Å². The molecular weight excluding hydrogens is 275 g/mol. The van der Waals surface area contributed by atoms with Gasteiger partial charge in [0.2, 0.25) is 0 Å². The van der Waals surface area contributed by atoms with Gasteiger partial charge in [0, 0.05) is 9.85 Å². The van der Waals surface area contributed by atoms with Crippen molar-refractivity contribution in [2.75, 3.05) is 0 Å². The van der Waals surface area contributed by atoms with E-state index in [1.165, 1.54) is 0 Å². The average Bonchev–Trinajstić information content (AvgIpc) is 2.18. The van der Waals surface area contributed by atoms with Crippen molar-refractivity contribution < 1.29 is 4.74 Å². The molecule has 1 saturated carbocycles. The number of ether oxygens (including phenoxy) is 1. The maximum absolute atomic E-state index is 6.04. The number of rotatable bonds is 3. The Kier molecular flexibility index (Phi) is 3.57. The molecule has 0 unspecified atom stereocenters. The Labute approximate surface area is 104 Å². The van der Waals surface area contributed by atoms with Gasteiger partial charge in [-0.15, -0.1) is 0 Å². The van der Waals surface area contributed by atoms with E-state index < -0.39 is 0 Å². The van der Waals surface area contributed by atoms with Crippen molar-refractivity contribution in [2.24, 2.45) is 0 Å². The van der Waals surface area contributed by atoms with E-state index >= 15 is 0 Å². The van der Waals surface area contributed by atoms with Gasteiger partial charge in [0.25, 0.3) is 0 Å². The molecule has 0 amide bonds. The third kappa shape index (κ3) is 2.67. The van der Waals surface area contributed by atoms with Crippen molar-refractivity contribution in [3.63, 3.8) is 0 Å². The molecule has 1 aliphatic carbocycles. The second kappa shape index (κ2) is 4.75. The van der Waals surface area contributed by atoms with Crippen molar-refractivity contribution in [1.82, 2.24) is 0 Å². The highest BCUT2D eigenvalue weighted by Gasteiger charge is 2.28. The van der Waals surface area contributed by atoms with E-state index in [0.29, 0.717) is 10.9 Å². The molecule has 1 fully saturated rings. The first-order valence-electron chi connectivity index (χ1n) is 5.28. The Bertz CT molecular complexity index is 347. The molecule has 0 atom stereocenters. The van der Waals surface area contributed by atoms with Crippen molar-refractivity contribution in [3.05, 3.63) is 28.8 Å². The van der Waals surface area contributed by atoms with Crippen LogP contribution in [-0.2, 0) is 6.42 Å². The molecule has 2 rings (SSSR count). The molecular formula is C12H14BrClO. The maximum atomic E-state index is 6.04. The van der Waals surface area contributed by atoms with E-state index in [0.717, 1.165) is 35.6 Å². The lowest BCUT2D eigenvalue weighted by molar-refractivity contribution is 0.128. The Morgan fingerprint density at radius 2 is 2.20 bits per heavy atom. The zero-order valence-corrected chi connectivity index (χ0v) is 11.0. The highest BCUT2D eigenvalue weighted by Crippen LogP contribution is 2.32. The lowest BCUT2D eigenvalue weighted by atomic mass is 9.96. The van der Waals surface area contributed by atoms with Gasteiger partial charge < -0.3 is 4.74 Å². The van der Waals surface area contributed by atoms with Crippen LogP contribution >= 0.6 is 27.5 Å². The van der Waals surface area contributed by atoms with Gasteiger partial charge in [-0.25, -0.2) is 0 Å². The van der Waals surface area contributed by atoms with E-state index in [9.17, 15) is 0 Å². The minimum Gasteiger partial charge on any atom is -0.490 e. The Morgan fingerprint density at radius 1 is 1.47 bits per heavy atom. The molecule has 0 heterocycles. The molecule has 0 bridgehead atoms. The molecule has 3 heteroatoms. The SMILES string of the molecule is CCc1cc(OC2CC(Br)C2)ccc1Cl. The minimum atomic E-state index is 0.375. The molecule has 1 aromatic carbocycles. The number of benzene rings is 1. The zero-order valence-electron chi connectivity index (χ0n) is 8.67. The summed E-state index contributed by atoms with van der Waals surface area (Å²) in [6.45, 7) is 2.10. The fraction of sp³-hybridized carbons (Fsp3) is 0.500. The summed E-state index contributed by atoms with van der Waals surface area (Å²) >= 11 is 9.59. The standard InChI is InChI=1S/C12H14BrClO/c1-2-8-5-10(3-4-12(8)14)15-11-6-9(13)7-11/h3-5,9,11H,2,6-7H2,1H3. The van der Waals surface area contributed by atoms with Crippen LogP contribution < -0.4 is 4.74 Å². The summed E-state index contributed by atoms with van der Waals surface area (Å²) in [5, 5.41) is 0.830. The number of hydrogen-bond acceptors (Lipinski definition) is 1. The second-order valence-electron chi connectivity index (χ2n) is 3.92. The van der Waals surface area contributed by atoms with Gasteiger partial charge in [-0.3, -0.25) is 0 Å². The van der Waals surface area contributed by atoms with Crippen LogP contribution in [0.5, 0.6) is 5.75 Å². The number of halogens is 2. The zero-order chi connectivity index (χ0) is 10.8. The third-order valence-corrected chi connectivity index (χ3v) is 3.85. The highest BCUT2D eigenvalue weighted by atomic mass is 79.9. The summed E-state index contributed by atoms with van der Waals surface area (Å²) in [5.74, 6) is 0.945. The summed E-state index contributed by atoms with van der Waals surface area (Å²) in [7, 11) is 0. The van der Waals surface area contributed by atoms with Gasteiger partial charge in [-0.2, -0.15) is 0 Å². The predicted octanol–water partition coefficient (Wildman–Crippen LogP) is 4.21. The summed E-state index contributed by atoms with van der Waals surface area (Å²) in [6.07, 6.45) is 3.52. The summed E-state index contributed by atoms with van der Waals surface area (Å²) in [6, 6.07) is 5.91. The van der Waals surface area contributed by atoms with Crippen molar-refractivity contribution in [3.8, 4) is 5.75 Å². The summed E-state index contributed by atoms with van der Waals surface area (Å²) < 4.78 is 5.83. The fourth-order valence-electron chi connectivity index (χ4n) is 1.69. The Morgan fingerprint density at radius 3 is 2.80 bits per heavy atom. The van der Waals surface area contributed by atoms with Crippen molar-refractivity contribution in [1.29, 1.82) is 0 Å². The van der Waals surface area contributed by atoms with Crippen LogP contribution in [0.4, 0.5) is 0 Å². The van der Waals surface area contributed by atoms with E-state index in [1.807, 2.05) is 18.2 Å². The lowest BCUT2D eigenvalue weighted by Crippen LogP contribution is -2.33. The van der Waals surface area contributed by atoms with Crippen LogP contribution in [0.1, 0.15) is 25.3 Å². The molecule has 82 valence electrons. The van der Waals surface area contributed by atoms with E-state index in [-0.39, 0.29) is 0 Å². The molecule has 1 nitrogen and oxygen atoms in total. The first-order valence-corrected chi connectivity index (χ1v) is 6.57. The first-order chi connectivity index (χ1) is 7.19. The molecule has 1 aliphatic rings. The van der Waals surface area contributed by atoms with Gasteiger partial charge in [-0.05, 0) is 43.0 Å². The largest absolute Gasteiger partial charge is 0.490 e. The monoisotopic (exact) mass is 288 g/mol.